The van der Waals surface area contributed by atoms with Crippen molar-refractivity contribution in [3.63, 3.8) is 0 Å². The van der Waals surface area contributed by atoms with Gasteiger partial charge in [0, 0.05) is 38.5 Å². The predicted octanol–water partition coefficient (Wildman–Crippen LogP) is -11.6. The number of rotatable bonds is 9. The summed E-state index contributed by atoms with van der Waals surface area (Å²) in [5.41, 5.74) is 22.2. The minimum atomic E-state index is -5.36. The highest BCUT2D eigenvalue weighted by molar-refractivity contribution is 7.73. The quantitative estimate of drug-likeness (QED) is 0.0929. The van der Waals surface area contributed by atoms with Crippen molar-refractivity contribution in [3.05, 3.63) is 0 Å². The molecule has 0 unspecified atom stereocenters. The summed E-state index contributed by atoms with van der Waals surface area (Å²) < 4.78 is 80.5. The molecule has 28 nitrogen and oxygen atoms in total. The summed E-state index contributed by atoms with van der Waals surface area (Å²) in [6, 6.07) is 0. The Morgan fingerprint density at radius 3 is 0.457 bits per heavy atom. The van der Waals surface area contributed by atoms with Crippen LogP contribution in [0.2, 0.25) is 0 Å². The maximum Gasteiger partial charge on any atom is 0.280 e. The lowest BCUT2D eigenvalue weighted by Gasteiger charge is -2.41. The molecule has 2 aliphatic rings. The van der Waals surface area contributed by atoms with Gasteiger partial charge in [-0.25, -0.2) is 25.9 Å². The number of unbranched alkanes of at least 4 members (excludes halogenated alkanes) is 3. The van der Waals surface area contributed by atoms with E-state index in [1.54, 1.807) is 0 Å². The third-order valence-corrected chi connectivity index (χ3v) is 13.1. The van der Waals surface area contributed by atoms with Crippen LogP contribution in [0.4, 0.5) is 0 Å². The van der Waals surface area contributed by atoms with Gasteiger partial charge in [0.15, 0.2) is 0 Å². The summed E-state index contributed by atoms with van der Waals surface area (Å²) >= 11 is 0. The molecule has 0 bridgehead atoms. The van der Waals surface area contributed by atoms with E-state index in [1.165, 1.54) is 38.5 Å². The summed E-state index contributed by atoms with van der Waals surface area (Å²) in [6.07, 6.45) is 7.44. The highest BCUT2D eigenvalue weighted by atomic mass is 31.3. The Bertz CT molecular complexity index is 789. The molecule has 46 heavy (non-hydrogen) atoms. The minimum absolute atomic E-state index is 0. The van der Waals surface area contributed by atoms with Gasteiger partial charge in [0.2, 0.25) is 0 Å². The van der Waals surface area contributed by atoms with Gasteiger partial charge in [-0.05, 0) is 0 Å². The molecule has 2 aliphatic heterocycles. The van der Waals surface area contributed by atoms with Crippen LogP contribution >= 0.6 is 46.9 Å². The third-order valence-electron chi connectivity index (χ3n) is 3.45. The van der Waals surface area contributed by atoms with Gasteiger partial charge in [-0.1, -0.05) is 0 Å². The van der Waals surface area contributed by atoms with Crippen LogP contribution in [0.1, 0.15) is 38.5 Å². The smallest absolute Gasteiger partial charge is 0.280 e. The Labute approximate surface area is 263 Å². The van der Waals surface area contributed by atoms with E-state index in [0.717, 1.165) is 39.3 Å². The molecule has 2 heterocycles. The maximum atomic E-state index is 10.2. The molecule has 2 rings (SSSR count). The largest absolute Gasteiger partial charge is 0.756 e. The van der Waals surface area contributed by atoms with Crippen LogP contribution in [0.3, 0.4) is 0 Å². The predicted molar refractivity (Wildman–Crippen MR) is 141 cm³/mol. The average molecular weight is 816 g/mol. The van der Waals surface area contributed by atoms with Crippen LogP contribution in [0.15, 0.2) is 0 Å². The lowest BCUT2D eigenvalue weighted by atomic mass is 10.3. The number of phosphoric acid groups is 6. The molecule has 0 amide bonds. The van der Waals surface area contributed by atoms with Crippen molar-refractivity contribution in [2.75, 3.05) is 39.3 Å². The summed E-state index contributed by atoms with van der Waals surface area (Å²) in [4.78, 5) is 61.4. The summed E-state index contributed by atoms with van der Waals surface area (Å²) in [7, 11) is -32.1. The molecule has 0 atom stereocenters. The molecule has 0 aromatic heterocycles. The van der Waals surface area contributed by atoms with Gasteiger partial charge in [-0.3, -0.25) is 27.4 Å². The first kappa shape index (κ1) is 61.7. The Kier molecular flexibility index (Phi) is 40.7. The van der Waals surface area contributed by atoms with Crippen molar-refractivity contribution < 1.29 is 139 Å². The second-order valence-corrected chi connectivity index (χ2v) is 16.7. The second-order valence-electron chi connectivity index (χ2n) is 7.42. The van der Waals surface area contributed by atoms with Crippen molar-refractivity contribution in [1.29, 1.82) is 0 Å². The van der Waals surface area contributed by atoms with Gasteiger partial charge >= 0.3 is 0 Å². The third kappa shape index (κ3) is 40.7. The molecular formula is C12H50N6O22P6. The Hall–Kier alpha value is 0.500. The van der Waals surface area contributed by atoms with Gasteiger partial charge in [0.05, 0.1) is 39.3 Å². The van der Waals surface area contributed by atoms with Crippen LogP contribution in [0.5, 0.6) is 0 Å². The van der Waals surface area contributed by atoms with Crippen LogP contribution in [-0.4, -0.2) is 61.2 Å². The summed E-state index contributed by atoms with van der Waals surface area (Å²) in [6.45, 7) is 6.39. The molecule has 0 radical (unpaired) electrons. The van der Waals surface area contributed by atoms with Crippen molar-refractivity contribution in [1.82, 2.24) is 0 Å². The van der Waals surface area contributed by atoms with Crippen LogP contribution < -0.4 is 63.8 Å². The monoisotopic (exact) mass is 816 g/mol. The fourth-order valence-electron chi connectivity index (χ4n) is 1.88. The topological polar surface area (TPSA) is 588 Å². The van der Waals surface area contributed by atoms with E-state index in [2.05, 4.69) is 60.3 Å². The highest BCUT2D eigenvalue weighted by Gasteiger charge is 2.36. The maximum absolute atomic E-state index is 10.2. The van der Waals surface area contributed by atoms with Gasteiger partial charge in [0.1, 0.15) is 0 Å². The zero-order chi connectivity index (χ0) is 33.7. The van der Waals surface area contributed by atoms with Gasteiger partial charge in [0.25, 0.3) is 46.9 Å². The van der Waals surface area contributed by atoms with Crippen molar-refractivity contribution in [2.24, 2.45) is 0 Å². The highest BCUT2D eigenvalue weighted by Crippen LogP contribution is 2.74. The fourth-order valence-corrected chi connectivity index (χ4v) is 10.1. The lowest BCUT2D eigenvalue weighted by Crippen LogP contribution is -2.53. The molecule has 0 aliphatic carbocycles. The molecule has 2 fully saturated rings. The van der Waals surface area contributed by atoms with E-state index in [0.29, 0.717) is 0 Å². The standard InChI is InChI=1S/3C4H12N2.2H3O9P3.4H2O/c3*5-3-1-2-4-6;2*1-10(2)7-11(3,4)9-12(5,6)8-10;;;;/h3*1-6H2;2*(H,1,2)(H,3,4)(H,5,6);4*1H2. The summed E-state index contributed by atoms with van der Waals surface area (Å²) in [5.74, 6) is 0. The van der Waals surface area contributed by atoms with Crippen LogP contribution in [-0.2, 0) is 53.3 Å². The fraction of sp³-hybridized carbons (Fsp3) is 1.00. The van der Waals surface area contributed by atoms with Gasteiger partial charge in [-0.2, -0.15) is 0 Å². The first-order chi connectivity index (χ1) is 19.0. The van der Waals surface area contributed by atoms with Gasteiger partial charge < -0.3 is 85.7 Å². The normalized spacial score (nSPS) is 32.3. The van der Waals surface area contributed by atoms with E-state index >= 15 is 0 Å². The van der Waals surface area contributed by atoms with E-state index in [1.807, 2.05) is 0 Å². The SMILES string of the molecule is O.O.O.O.O=P1([O-])OP(=O)([O-])OP(=O)([O-])O1.O=P1([O-])OP(=O)([O-])OP(=O)([O-])O1.[NH3+]CCCC[NH3+].[NH3+]CCCC[NH3+].[NH3+]CCCC[NH3+]. The lowest BCUT2D eigenvalue weighted by molar-refractivity contribution is -0.384. The molecule has 2 saturated heterocycles. The number of hydrogen-bond donors (Lipinski definition) is 6. The van der Waals surface area contributed by atoms with Crippen LogP contribution in [0, 0.1) is 0 Å². The number of hydrogen-bond acceptors (Lipinski definition) is 18. The molecule has 0 aromatic rings. The molecular weight excluding hydrogens is 766 g/mol. The molecule has 0 aromatic carbocycles. The van der Waals surface area contributed by atoms with Crippen LogP contribution in [0.25, 0.3) is 0 Å². The van der Waals surface area contributed by atoms with Gasteiger partial charge in [-0.15, -0.1) is 0 Å². The molecule has 0 spiro atoms. The Morgan fingerprint density at radius 1 is 0.304 bits per heavy atom. The summed E-state index contributed by atoms with van der Waals surface area (Å²) in [5, 5.41) is 0. The molecule has 34 heteroatoms. The number of quaternary nitrogens is 6. The second kappa shape index (κ2) is 30.3. The van der Waals surface area contributed by atoms with Crippen molar-refractivity contribution in [3.8, 4) is 0 Å². The van der Waals surface area contributed by atoms with E-state index < -0.39 is 46.9 Å². The minimum Gasteiger partial charge on any atom is -0.756 e. The zero-order valence-electron chi connectivity index (χ0n) is 24.8. The Balaban J connectivity index is -0.0000000843. The molecule has 26 N–H and O–H groups in total. The molecule has 290 valence electrons. The first-order valence-corrected chi connectivity index (χ1v) is 20.6. The first-order valence-electron chi connectivity index (χ1n) is 11.9. The van der Waals surface area contributed by atoms with Crippen molar-refractivity contribution >= 4 is 46.9 Å². The van der Waals surface area contributed by atoms with E-state index in [9.17, 15) is 56.8 Å². The Morgan fingerprint density at radius 2 is 0.391 bits per heavy atom. The molecule has 0 saturated carbocycles. The van der Waals surface area contributed by atoms with E-state index in [-0.39, 0.29) is 21.9 Å². The van der Waals surface area contributed by atoms with E-state index in [4.69, 9.17) is 0 Å². The van der Waals surface area contributed by atoms with Crippen molar-refractivity contribution in [2.45, 2.75) is 38.5 Å². The average Bonchev–Trinajstić information content (AvgIpc) is 2.75. The zero-order valence-corrected chi connectivity index (χ0v) is 30.1.